The molecule has 0 radical (unpaired) electrons. The molecular weight excluding hydrogens is 180 g/mol. The monoisotopic (exact) mass is 191 g/mol. The van der Waals surface area contributed by atoms with Crippen molar-refractivity contribution in [3.05, 3.63) is 10.2 Å². The fourth-order valence-electron chi connectivity index (χ4n) is 0.388. The zero-order valence-corrected chi connectivity index (χ0v) is 7.33. The lowest BCUT2D eigenvalue weighted by molar-refractivity contribution is -0.413. The first kappa shape index (κ1) is 8.69. The van der Waals surface area contributed by atoms with E-state index in [4.69, 9.17) is 5.73 Å². The van der Waals surface area contributed by atoms with Gasteiger partial charge in [0.15, 0.2) is 6.21 Å². The Labute approximate surface area is 64.0 Å². The molecule has 0 bridgehead atoms. The molecule has 0 unspecified atom stereocenters. The van der Waals surface area contributed by atoms with Gasteiger partial charge in [-0.15, -0.1) is 0 Å². The molecule has 0 saturated heterocycles. The van der Waals surface area contributed by atoms with E-state index >= 15 is 0 Å². The van der Waals surface area contributed by atoms with E-state index in [1.165, 1.54) is 0 Å². The number of hydrogen-bond donors (Lipinski definition) is 2. The molecule has 0 heterocycles. The number of allylic oxidation sites excluding steroid dienone is 2. The van der Waals surface area contributed by atoms with Gasteiger partial charge in [-0.05, 0) is 22.4 Å². The Bertz CT molecular complexity index is 138. The summed E-state index contributed by atoms with van der Waals surface area (Å²) < 4.78 is 0.938. The molecule has 52 valence electrons. The lowest BCUT2D eigenvalue weighted by Crippen LogP contribution is -2.63. The SMILES string of the molecule is CCC(N)=C(Br)C=[NH+]C. The fraction of sp³-hybridized carbons (Fsp3) is 0.500. The molecule has 0 fully saturated rings. The standard InChI is InChI=1S/C6H11BrN2/c1-3-6(8)5(7)4-9-2/h4H,3,8H2,1-2H3/p+1. The fourth-order valence-corrected chi connectivity index (χ4v) is 0.898. The summed E-state index contributed by atoms with van der Waals surface area (Å²) in [7, 11) is 1.84. The van der Waals surface area contributed by atoms with E-state index in [2.05, 4.69) is 20.9 Å². The first-order valence-electron chi connectivity index (χ1n) is 2.87. The molecule has 0 aliphatic heterocycles. The topological polar surface area (TPSA) is 40.0 Å². The summed E-state index contributed by atoms with van der Waals surface area (Å²) in [4.78, 5) is 2.87. The Morgan fingerprint density at radius 1 is 1.78 bits per heavy atom. The highest BCUT2D eigenvalue weighted by atomic mass is 79.9. The summed E-state index contributed by atoms with van der Waals surface area (Å²) >= 11 is 3.30. The van der Waals surface area contributed by atoms with Gasteiger partial charge in [0, 0.05) is 5.70 Å². The van der Waals surface area contributed by atoms with Crippen molar-refractivity contribution < 1.29 is 4.99 Å². The van der Waals surface area contributed by atoms with Gasteiger partial charge in [-0.2, -0.15) is 0 Å². The number of rotatable bonds is 2. The van der Waals surface area contributed by atoms with Crippen molar-refractivity contribution in [2.24, 2.45) is 5.73 Å². The van der Waals surface area contributed by atoms with Gasteiger partial charge in [0.1, 0.15) is 7.05 Å². The van der Waals surface area contributed by atoms with Crippen LogP contribution in [0.4, 0.5) is 0 Å². The molecule has 0 aromatic carbocycles. The van der Waals surface area contributed by atoms with Crippen LogP contribution in [-0.4, -0.2) is 13.3 Å². The van der Waals surface area contributed by atoms with Crippen LogP contribution in [0.2, 0.25) is 0 Å². The summed E-state index contributed by atoms with van der Waals surface area (Å²) in [6.07, 6.45) is 2.69. The van der Waals surface area contributed by atoms with Gasteiger partial charge in [-0.1, -0.05) is 6.92 Å². The predicted octanol–water partition coefficient (Wildman–Crippen LogP) is -0.257. The highest BCUT2D eigenvalue weighted by Gasteiger charge is 1.94. The molecule has 0 aliphatic rings. The van der Waals surface area contributed by atoms with Crippen molar-refractivity contribution in [3.8, 4) is 0 Å². The van der Waals surface area contributed by atoms with E-state index in [9.17, 15) is 0 Å². The molecule has 0 amide bonds. The number of hydrogen-bond acceptors (Lipinski definition) is 1. The average Bonchev–Trinajstić information content (AvgIpc) is 1.87. The highest BCUT2D eigenvalue weighted by molar-refractivity contribution is 9.12. The first-order valence-corrected chi connectivity index (χ1v) is 3.66. The second-order valence-corrected chi connectivity index (χ2v) is 2.51. The number of nitrogens with one attached hydrogen (secondary N) is 1. The van der Waals surface area contributed by atoms with Gasteiger partial charge in [-0.25, -0.2) is 4.99 Å². The third-order valence-corrected chi connectivity index (χ3v) is 1.70. The van der Waals surface area contributed by atoms with E-state index in [1.54, 1.807) is 0 Å². The van der Waals surface area contributed by atoms with Gasteiger partial charge in [0.25, 0.3) is 0 Å². The molecule has 2 nitrogen and oxygen atoms in total. The van der Waals surface area contributed by atoms with Crippen molar-refractivity contribution in [3.63, 3.8) is 0 Å². The maximum absolute atomic E-state index is 5.56. The Morgan fingerprint density at radius 3 is 2.67 bits per heavy atom. The maximum atomic E-state index is 5.56. The highest BCUT2D eigenvalue weighted by Crippen LogP contribution is 2.05. The van der Waals surface area contributed by atoms with Crippen LogP contribution in [0.1, 0.15) is 13.3 Å². The van der Waals surface area contributed by atoms with Crippen molar-refractivity contribution in [1.82, 2.24) is 0 Å². The minimum Gasteiger partial charge on any atom is -0.401 e. The quantitative estimate of drug-likeness (QED) is 0.581. The molecule has 0 saturated carbocycles. The van der Waals surface area contributed by atoms with Crippen LogP contribution in [0.5, 0.6) is 0 Å². The van der Waals surface area contributed by atoms with E-state index in [0.717, 1.165) is 16.6 Å². The summed E-state index contributed by atoms with van der Waals surface area (Å²) in [5.41, 5.74) is 6.43. The third kappa shape index (κ3) is 3.30. The average molecular weight is 192 g/mol. The van der Waals surface area contributed by atoms with Crippen LogP contribution in [0, 0.1) is 0 Å². The van der Waals surface area contributed by atoms with E-state index in [1.807, 2.05) is 20.2 Å². The predicted molar refractivity (Wildman–Crippen MR) is 43.4 cm³/mol. The molecule has 9 heavy (non-hydrogen) atoms. The lowest BCUT2D eigenvalue weighted by atomic mass is 10.3. The zero-order valence-electron chi connectivity index (χ0n) is 5.74. The molecule has 0 atom stereocenters. The van der Waals surface area contributed by atoms with Crippen molar-refractivity contribution in [2.75, 3.05) is 7.05 Å². The molecule has 0 aliphatic carbocycles. The van der Waals surface area contributed by atoms with Crippen LogP contribution in [0.25, 0.3) is 0 Å². The minimum atomic E-state index is 0.865. The van der Waals surface area contributed by atoms with Gasteiger partial charge >= 0.3 is 0 Å². The molecular formula is C6H12BrN2+. The largest absolute Gasteiger partial charge is 0.401 e. The molecule has 3 N–H and O–H groups in total. The number of nitrogens with two attached hydrogens (primary N) is 1. The van der Waals surface area contributed by atoms with Crippen LogP contribution in [0.3, 0.4) is 0 Å². The lowest BCUT2D eigenvalue weighted by Gasteiger charge is -1.92. The molecule has 3 heteroatoms. The molecule has 0 aromatic heterocycles. The van der Waals surface area contributed by atoms with Gasteiger partial charge in [0.2, 0.25) is 0 Å². The van der Waals surface area contributed by atoms with Crippen LogP contribution in [-0.2, 0) is 0 Å². The molecule has 0 aromatic rings. The van der Waals surface area contributed by atoms with Crippen LogP contribution < -0.4 is 10.7 Å². The Kier molecular flexibility index (Phi) is 4.40. The summed E-state index contributed by atoms with van der Waals surface area (Å²) in [5, 5.41) is 0. The van der Waals surface area contributed by atoms with Gasteiger partial charge in [-0.3, -0.25) is 0 Å². The van der Waals surface area contributed by atoms with E-state index < -0.39 is 0 Å². The minimum absolute atomic E-state index is 0.865. The molecule has 0 rings (SSSR count). The van der Waals surface area contributed by atoms with Crippen molar-refractivity contribution >= 4 is 22.1 Å². The summed E-state index contributed by atoms with van der Waals surface area (Å²) in [6, 6.07) is 0. The summed E-state index contributed by atoms with van der Waals surface area (Å²) in [5.74, 6) is 0. The van der Waals surface area contributed by atoms with Gasteiger partial charge in [0.05, 0.1) is 4.48 Å². The Morgan fingerprint density at radius 2 is 2.33 bits per heavy atom. The van der Waals surface area contributed by atoms with Gasteiger partial charge < -0.3 is 5.73 Å². The van der Waals surface area contributed by atoms with Crippen molar-refractivity contribution in [1.29, 1.82) is 0 Å². The zero-order chi connectivity index (χ0) is 7.28. The molecule has 0 spiro atoms. The third-order valence-electron chi connectivity index (χ3n) is 0.959. The Hall–Kier alpha value is -0.310. The number of halogens is 1. The first-order chi connectivity index (χ1) is 4.22. The normalized spacial score (nSPS) is 14.1. The smallest absolute Gasteiger partial charge is 0.177 e. The van der Waals surface area contributed by atoms with Crippen LogP contribution in [0.15, 0.2) is 10.2 Å². The van der Waals surface area contributed by atoms with E-state index in [0.29, 0.717) is 0 Å². The van der Waals surface area contributed by atoms with Crippen LogP contribution >= 0.6 is 15.9 Å². The van der Waals surface area contributed by atoms with Crippen molar-refractivity contribution in [2.45, 2.75) is 13.3 Å². The second kappa shape index (κ2) is 4.56. The Balaban J connectivity index is 4.10. The van der Waals surface area contributed by atoms with E-state index in [-0.39, 0.29) is 0 Å². The second-order valence-electron chi connectivity index (χ2n) is 1.66. The summed E-state index contributed by atoms with van der Waals surface area (Å²) in [6.45, 7) is 2.01. The maximum Gasteiger partial charge on any atom is 0.177 e.